The summed E-state index contributed by atoms with van der Waals surface area (Å²) in [4.78, 5) is 11.0. The van der Waals surface area contributed by atoms with Crippen LogP contribution in [0.5, 0.6) is 0 Å². The van der Waals surface area contributed by atoms with Crippen LogP contribution in [-0.2, 0) is 4.79 Å². The highest BCUT2D eigenvalue weighted by molar-refractivity contribution is 5.89. The van der Waals surface area contributed by atoms with Gasteiger partial charge < -0.3 is 10.6 Å². The highest BCUT2D eigenvalue weighted by atomic mass is 16.1. The van der Waals surface area contributed by atoms with E-state index in [1.807, 2.05) is 18.2 Å². The second-order valence-corrected chi connectivity index (χ2v) is 5.50. The highest BCUT2D eigenvalue weighted by Gasteiger charge is 2.11. The van der Waals surface area contributed by atoms with Gasteiger partial charge in [0, 0.05) is 24.8 Å². The Morgan fingerprint density at radius 3 is 2.53 bits per heavy atom. The molecule has 2 rings (SSSR count). The molecule has 0 saturated heterocycles. The molecule has 1 fully saturated rings. The first-order chi connectivity index (χ1) is 9.24. The maximum atomic E-state index is 11.0. The zero-order chi connectivity index (χ0) is 13.5. The van der Waals surface area contributed by atoms with Gasteiger partial charge in [0.2, 0.25) is 5.91 Å². The van der Waals surface area contributed by atoms with Crippen molar-refractivity contribution in [3.05, 3.63) is 24.3 Å². The van der Waals surface area contributed by atoms with Crippen LogP contribution in [0.3, 0.4) is 0 Å². The Morgan fingerprint density at radius 1 is 1.16 bits per heavy atom. The number of carbonyl (C=O) groups is 1. The van der Waals surface area contributed by atoms with E-state index in [9.17, 15) is 4.79 Å². The SMILES string of the molecule is CC(=O)Nc1cccc(NCC2CCCCCC2)c1. The summed E-state index contributed by atoms with van der Waals surface area (Å²) in [6, 6.07) is 7.94. The van der Waals surface area contributed by atoms with Gasteiger partial charge in [-0.15, -0.1) is 0 Å². The fraction of sp³-hybridized carbons (Fsp3) is 0.562. The maximum absolute atomic E-state index is 11.0. The molecule has 1 aromatic carbocycles. The zero-order valence-electron chi connectivity index (χ0n) is 11.7. The quantitative estimate of drug-likeness (QED) is 0.803. The Bertz CT molecular complexity index is 409. The molecule has 0 aliphatic heterocycles. The molecule has 1 aliphatic carbocycles. The second-order valence-electron chi connectivity index (χ2n) is 5.50. The molecule has 0 aromatic heterocycles. The number of anilines is 2. The van der Waals surface area contributed by atoms with Crippen LogP contribution in [0.25, 0.3) is 0 Å². The number of hydrogen-bond acceptors (Lipinski definition) is 2. The smallest absolute Gasteiger partial charge is 0.221 e. The second kappa shape index (κ2) is 7.17. The van der Waals surface area contributed by atoms with E-state index in [1.54, 1.807) is 0 Å². The Hall–Kier alpha value is -1.51. The molecule has 0 bridgehead atoms. The van der Waals surface area contributed by atoms with Crippen molar-refractivity contribution < 1.29 is 4.79 Å². The summed E-state index contributed by atoms with van der Waals surface area (Å²) in [6.45, 7) is 2.58. The van der Waals surface area contributed by atoms with E-state index in [2.05, 4.69) is 16.7 Å². The molecule has 0 spiro atoms. The van der Waals surface area contributed by atoms with Crippen LogP contribution in [0.2, 0.25) is 0 Å². The average Bonchev–Trinajstić information content (AvgIpc) is 2.64. The summed E-state index contributed by atoms with van der Waals surface area (Å²) in [5.41, 5.74) is 1.95. The topological polar surface area (TPSA) is 41.1 Å². The van der Waals surface area contributed by atoms with Gasteiger partial charge in [-0.25, -0.2) is 0 Å². The molecule has 1 saturated carbocycles. The minimum atomic E-state index is -0.0269. The molecule has 3 heteroatoms. The Balaban J connectivity index is 1.86. The van der Waals surface area contributed by atoms with E-state index in [4.69, 9.17) is 0 Å². The van der Waals surface area contributed by atoms with E-state index >= 15 is 0 Å². The molecule has 2 N–H and O–H groups in total. The van der Waals surface area contributed by atoms with Gasteiger partial charge in [-0.2, -0.15) is 0 Å². The molecule has 1 aromatic rings. The maximum Gasteiger partial charge on any atom is 0.221 e. The van der Waals surface area contributed by atoms with Gasteiger partial charge in [0.05, 0.1) is 0 Å². The van der Waals surface area contributed by atoms with E-state index in [1.165, 1.54) is 45.4 Å². The van der Waals surface area contributed by atoms with Crippen molar-refractivity contribution in [2.75, 3.05) is 17.2 Å². The lowest BCUT2D eigenvalue weighted by atomic mass is 10.0. The lowest BCUT2D eigenvalue weighted by Crippen LogP contribution is -2.14. The third-order valence-corrected chi connectivity index (χ3v) is 3.75. The normalized spacial score (nSPS) is 16.7. The van der Waals surface area contributed by atoms with Crippen LogP contribution in [0.4, 0.5) is 11.4 Å². The van der Waals surface area contributed by atoms with Gasteiger partial charge in [0.1, 0.15) is 0 Å². The first-order valence-corrected chi connectivity index (χ1v) is 7.35. The molecule has 3 nitrogen and oxygen atoms in total. The zero-order valence-corrected chi connectivity index (χ0v) is 11.7. The molecule has 1 aliphatic rings. The number of nitrogens with one attached hydrogen (secondary N) is 2. The van der Waals surface area contributed by atoms with Gasteiger partial charge in [-0.3, -0.25) is 4.79 Å². The molecule has 1 amide bonds. The van der Waals surface area contributed by atoms with Crippen molar-refractivity contribution in [1.29, 1.82) is 0 Å². The minimum absolute atomic E-state index is 0.0269. The van der Waals surface area contributed by atoms with Crippen LogP contribution in [0.1, 0.15) is 45.4 Å². The molecule has 0 unspecified atom stereocenters. The standard InChI is InChI=1S/C16H24N2O/c1-13(19)18-16-10-6-9-15(11-16)17-12-14-7-4-2-3-5-8-14/h6,9-11,14,17H,2-5,7-8,12H2,1H3,(H,18,19). The molecular formula is C16H24N2O. The Morgan fingerprint density at radius 2 is 1.84 bits per heavy atom. The van der Waals surface area contributed by atoms with Crippen LogP contribution in [0, 0.1) is 5.92 Å². The lowest BCUT2D eigenvalue weighted by Gasteiger charge is -2.16. The molecule has 0 heterocycles. The van der Waals surface area contributed by atoms with Gasteiger partial charge >= 0.3 is 0 Å². The summed E-state index contributed by atoms with van der Waals surface area (Å²) >= 11 is 0. The van der Waals surface area contributed by atoms with Crippen molar-refractivity contribution >= 4 is 17.3 Å². The van der Waals surface area contributed by atoms with Crippen molar-refractivity contribution in [3.63, 3.8) is 0 Å². The molecule has 104 valence electrons. The fourth-order valence-electron chi connectivity index (χ4n) is 2.74. The third kappa shape index (κ3) is 4.93. The fourth-order valence-corrected chi connectivity index (χ4v) is 2.74. The lowest BCUT2D eigenvalue weighted by molar-refractivity contribution is -0.114. The van der Waals surface area contributed by atoms with Crippen LogP contribution >= 0.6 is 0 Å². The van der Waals surface area contributed by atoms with E-state index in [0.717, 1.165) is 23.8 Å². The van der Waals surface area contributed by atoms with E-state index < -0.39 is 0 Å². The predicted octanol–water partition coefficient (Wildman–Crippen LogP) is 4.03. The number of benzene rings is 1. The van der Waals surface area contributed by atoms with Crippen LogP contribution < -0.4 is 10.6 Å². The van der Waals surface area contributed by atoms with Crippen LogP contribution in [-0.4, -0.2) is 12.5 Å². The Kier molecular flexibility index (Phi) is 5.25. The van der Waals surface area contributed by atoms with Crippen LogP contribution in [0.15, 0.2) is 24.3 Å². The van der Waals surface area contributed by atoms with Crippen molar-refractivity contribution in [2.24, 2.45) is 5.92 Å². The van der Waals surface area contributed by atoms with E-state index in [0.29, 0.717) is 0 Å². The largest absolute Gasteiger partial charge is 0.385 e. The molecule has 0 radical (unpaired) electrons. The Labute approximate surface area is 115 Å². The van der Waals surface area contributed by atoms with Gasteiger partial charge in [-0.05, 0) is 37.0 Å². The molecule has 19 heavy (non-hydrogen) atoms. The first kappa shape index (κ1) is 13.9. The third-order valence-electron chi connectivity index (χ3n) is 3.75. The first-order valence-electron chi connectivity index (χ1n) is 7.35. The summed E-state index contributed by atoms with van der Waals surface area (Å²) in [5, 5.41) is 6.32. The molecular weight excluding hydrogens is 236 g/mol. The highest BCUT2D eigenvalue weighted by Crippen LogP contribution is 2.23. The number of carbonyl (C=O) groups excluding carboxylic acids is 1. The summed E-state index contributed by atoms with van der Waals surface area (Å²) in [5.74, 6) is 0.771. The monoisotopic (exact) mass is 260 g/mol. The summed E-state index contributed by atoms with van der Waals surface area (Å²) in [7, 11) is 0. The van der Waals surface area contributed by atoms with Crippen molar-refractivity contribution in [1.82, 2.24) is 0 Å². The average molecular weight is 260 g/mol. The predicted molar refractivity (Wildman–Crippen MR) is 80.4 cm³/mol. The summed E-state index contributed by atoms with van der Waals surface area (Å²) in [6.07, 6.45) is 8.23. The number of hydrogen-bond donors (Lipinski definition) is 2. The minimum Gasteiger partial charge on any atom is -0.385 e. The number of rotatable bonds is 4. The van der Waals surface area contributed by atoms with Crippen molar-refractivity contribution in [2.45, 2.75) is 45.4 Å². The van der Waals surface area contributed by atoms with Gasteiger partial charge in [0.25, 0.3) is 0 Å². The van der Waals surface area contributed by atoms with Gasteiger partial charge in [0.15, 0.2) is 0 Å². The molecule has 0 atom stereocenters. The number of amides is 1. The van der Waals surface area contributed by atoms with Gasteiger partial charge in [-0.1, -0.05) is 31.7 Å². The van der Waals surface area contributed by atoms with E-state index in [-0.39, 0.29) is 5.91 Å². The summed E-state index contributed by atoms with van der Waals surface area (Å²) < 4.78 is 0. The van der Waals surface area contributed by atoms with Crippen molar-refractivity contribution in [3.8, 4) is 0 Å².